The van der Waals surface area contributed by atoms with Crippen molar-refractivity contribution in [2.24, 2.45) is 17.3 Å². The van der Waals surface area contributed by atoms with Crippen molar-refractivity contribution >= 4 is 71.3 Å². The van der Waals surface area contributed by atoms with Gasteiger partial charge in [0.05, 0.1) is 50.6 Å². The number of carbonyl (C=O) groups is 12. The van der Waals surface area contributed by atoms with Gasteiger partial charge < -0.3 is 57.8 Å². The van der Waals surface area contributed by atoms with Gasteiger partial charge >= 0.3 is 35.8 Å². The van der Waals surface area contributed by atoms with Gasteiger partial charge in [-0.2, -0.15) is 0 Å². The van der Waals surface area contributed by atoms with Crippen molar-refractivity contribution in [3.63, 3.8) is 0 Å². The van der Waals surface area contributed by atoms with Crippen LogP contribution in [0.4, 0.5) is 0 Å². The molecule has 0 heterocycles. The van der Waals surface area contributed by atoms with E-state index in [-0.39, 0.29) is 153 Å². The van der Waals surface area contributed by atoms with Gasteiger partial charge in [-0.15, -0.1) is 0 Å². The molecule has 0 aromatic heterocycles. The summed E-state index contributed by atoms with van der Waals surface area (Å²) in [5.41, 5.74) is -0.509. The maximum absolute atomic E-state index is 11.5. The third-order valence-corrected chi connectivity index (χ3v) is 12.5. The Labute approximate surface area is 570 Å². The summed E-state index contributed by atoms with van der Waals surface area (Å²) in [4.78, 5) is 145. The fourth-order valence-electron chi connectivity index (χ4n) is 7.14. The lowest BCUT2D eigenvalue weighted by molar-refractivity contribution is -0.154. The van der Waals surface area contributed by atoms with E-state index in [1.165, 1.54) is 43.4 Å². The van der Waals surface area contributed by atoms with Gasteiger partial charge in [0, 0.05) is 62.4 Å². The molecule has 0 aromatic rings. The number of ether oxygens (including phenoxy) is 6. The maximum Gasteiger partial charge on any atom is 0.311 e. The van der Waals surface area contributed by atoms with E-state index < -0.39 is 5.41 Å². The monoisotopic (exact) mass is 1350 g/mol. The molecule has 0 rings (SSSR count). The molecule has 0 bridgehead atoms. The minimum atomic E-state index is -0.509. The van der Waals surface area contributed by atoms with Crippen molar-refractivity contribution in [1.29, 1.82) is 0 Å². The van der Waals surface area contributed by atoms with E-state index in [1.807, 2.05) is 104 Å². The van der Waals surface area contributed by atoms with Gasteiger partial charge in [-0.3, -0.25) is 57.5 Å². The molecule has 0 spiro atoms. The van der Waals surface area contributed by atoms with Crippen molar-refractivity contribution < 1.29 is 86.0 Å². The SMILES string of the molecule is C=CC(=O)N(CCOC(=O)C(C)(C)C)C(C)C.C=CC(=O)N(CCOC(=O)C(C)C)C(C)C.C=CC(=O)N(CCOC(=O)CC(C)C)C(C)C.C=CC(=O)N(CCOC(=O)CC)C(C)C.C=CC(=O)N(CCOC(=O)CCC)C(C)C.C=CC(=O)N(CCOC(C)=O)C(C)C. The molecule has 546 valence electrons. The molecule has 0 saturated carbocycles. The zero-order valence-electron chi connectivity index (χ0n) is 62.2. The Balaban J connectivity index is -0.000000250. The summed E-state index contributed by atoms with van der Waals surface area (Å²) >= 11 is 0. The average Bonchev–Trinajstić information content (AvgIpc) is 1.31. The number of carbonyl (C=O) groups excluding carboxylic acids is 12. The quantitative estimate of drug-likeness (QED) is 0.0320. The van der Waals surface area contributed by atoms with Gasteiger partial charge in [0.1, 0.15) is 39.6 Å². The van der Waals surface area contributed by atoms with Crippen LogP contribution in [-0.4, -0.2) is 216 Å². The largest absolute Gasteiger partial charge is 0.464 e. The van der Waals surface area contributed by atoms with Gasteiger partial charge in [-0.1, -0.05) is 81.0 Å². The molecule has 0 aliphatic heterocycles. The molecule has 0 aliphatic carbocycles. The summed E-state index contributed by atoms with van der Waals surface area (Å²) in [6.45, 7) is 65.2. The number of hydrogen-bond acceptors (Lipinski definition) is 18. The second-order valence-electron chi connectivity index (χ2n) is 24.4. The van der Waals surface area contributed by atoms with Crippen LogP contribution in [0.2, 0.25) is 0 Å². The van der Waals surface area contributed by atoms with E-state index in [1.54, 1.807) is 70.9 Å². The molecule has 0 radical (unpaired) electrons. The highest BCUT2D eigenvalue weighted by atomic mass is 16.6. The summed E-state index contributed by atoms with van der Waals surface area (Å²) in [6.07, 6.45) is 9.58. The van der Waals surface area contributed by atoms with E-state index >= 15 is 0 Å². The predicted octanol–water partition coefficient (Wildman–Crippen LogP) is 9.69. The zero-order valence-corrected chi connectivity index (χ0v) is 62.2. The Morgan fingerprint density at radius 1 is 0.358 bits per heavy atom. The molecular formula is C71H124N6O18. The first-order chi connectivity index (χ1) is 44.0. The van der Waals surface area contributed by atoms with Crippen LogP contribution in [0.3, 0.4) is 0 Å². The van der Waals surface area contributed by atoms with Crippen molar-refractivity contribution in [1.82, 2.24) is 29.4 Å². The van der Waals surface area contributed by atoms with E-state index in [2.05, 4.69) is 39.5 Å². The van der Waals surface area contributed by atoms with Gasteiger partial charge in [-0.25, -0.2) is 0 Å². The summed E-state index contributed by atoms with van der Waals surface area (Å²) in [5.74, 6) is -2.20. The van der Waals surface area contributed by atoms with E-state index in [0.717, 1.165) is 6.42 Å². The normalized spacial score (nSPS) is 10.3. The topological polar surface area (TPSA) is 280 Å². The first kappa shape index (κ1) is 98.2. The summed E-state index contributed by atoms with van der Waals surface area (Å²) in [6, 6.07) is 0.448. The highest BCUT2D eigenvalue weighted by molar-refractivity contribution is 5.89. The molecule has 0 atom stereocenters. The van der Waals surface area contributed by atoms with Crippen molar-refractivity contribution in [3.05, 3.63) is 75.9 Å². The molecule has 0 fully saturated rings. The molecule has 0 saturated heterocycles. The van der Waals surface area contributed by atoms with Gasteiger partial charge in [-0.05, 0) is 153 Å². The zero-order chi connectivity index (χ0) is 75.3. The van der Waals surface area contributed by atoms with Crippen LogP contribution in [0.5, 0.6) is 0 Å². The summed E-state index contributed by atoms with van der Waals surface area (Å²) in [5, 5.41) is 0. The van der Waals surface area contributed by atoms with Crippen LogP contribution < -0.4 is 0 Å². The van der Waals surface area contributed by atoms with E-state index in [4.69, 9.17) is 28.4 Å². The lowest BCUT2D eigenvalue weighted by Crippen LogP contribution is -2.39. The Morgan fingerprint density at radius 3 is 0.811 bits per heavy atom. The van der Waals surface area contributed by atoms with Crippen LogP contribution >= 0.6 is 0 Å². The second-order valence-corrected chi connectivity index (χ2v) is 24.4. The molecule has 0 N–H and O–H groups in total. The molecule has 0 aromatic carbocycles. The van der Waals surface area contributed by atoms with E-state index in [0.29, 0.717) is 64.4 Å². The summed E-state index contributed by atoms with van der Waals surface area (Å²) in [7, 11) is 0. The molecule has 0 aliphatic rings. The van der Waals surface area contributed by atoms with Crippen LogP contribution in [0, 0.1) is 17.3 Å². The third kappa shape index (κ3) is 53.1. The fourth-order valence-corrected chi connectivity index (χ4v) is 7.14. The van der Waals surface area contributed by atoms with Gasteiger partial charge in [0.15, 0.2) is 0 Å². The lowest BCUT2D eigenvalue weighted by atomic mass is 9.97. The van der Waals surface area contributed by atoms with Crippen molar-refractivity contribution in [2.45, 2.75) is 214 Å². The Morgan fingerprint density at radius 2 is 0.600 bits per heavy atom. The average molecular weight is 1350 g/mol. The van der Waals surface area contributed by atoms with Gasteiger partial charge in [0.2, 0.25) is 35.4 Å². The fraction of sp³-hybridized carbons (Fsp3) is 0.662. The Kier molecular flexibility index (Phi) is 59.4. The number of amides is 6. The minimum absolute atomic E-state index is 0.0637. The smallest absolute Gasteiger partial charge is 0.311 e. The molecular weight excluding hydrogens is 1220 g/mol. The highest BCUT2D eigenvalue weighted by Crippen LogP contribution is 2.15. The maximum atomic E-state index is 11.5. The van der Waals surface area contributed by atoms with E-state index in [9.17, 15) is 57.5 Å². The van der Waals surface area contributed by atoms with Crippen LogP contribution in [0.25, 0.3) is 0 Å². The van der Waals surface area contributed by atoms with Crippen LogP contribution in [0.15, 0.2) is 75.9 Å². The first-order valence-corrected chi connectivity index (χ1v) is 32.5. The molecule has 24 nitrogen and oxygen atoms in total. The lowest BCUT2D eigenvalue weighted by Gasteiger charge is -2.26. The Hall–Kier alpha value is -7.92. The molecule has 95 heavy (non-hydrogen) atoms. The number of hydrogen-bond donors (Lipinski definition) is 0. The predicted molar refractivity (Wildman–Crippen MR) is 373 cm³/mol. The standard InChI is InChI=1S/2C13H23NO3.2C12H21NO3.C11H19NO3.C10H17NO3/c1-7-11(15)14(10(2)3)8-9-17-12(16)13(4,5)6;1-6-12(15)14(11(4)5)7-8-17-13(16)9-10(2)3;1-6-11(14)13(10(4)5)7-8-16-12(15)9(2)3;1-5-7-12(15)16-9-8-13(10(3)4)11(14)6-2;1-5-10(13)12(9(3)4)7-8-15-11(14)6-2;1-5-10(13)11(8(2)3)6-7-14-9(4)12/h7,10H,1,8-9H2,2-6H3;6,10-11H,1,7-9H2,2-5H3;6,9-10H,1,7-8H2,2-5H3;6,10H,2,5,7-9H2,1,3-4H3;5,9H,1,6-8H2,2-4H3;5,8H,1,6-7H2,2-4H3. The number of nitrogens with zero attached hydrogens (tertiary/aromatic N) is 6. The van der Waals surface area contributed by atoms with Crippen LogP contribution in [-0.2, 0) is 86.0 Å². The number of esters is 6. The molecule has 24 heteroatoms. The van der Waals surface area contributed by atoms with Crippen molar-refractivity contribution in [3.8, 4) is 0 Å². The Bertz CT molecular complexity index is 2350. The highest BCUT2D eigenvalue weighted by Gasteiger charge is 2.24. The summed E-state index contributed by atoms with van der Waals surface area (Å²) < 4.78 is 29.8. The second kappa shape index (κ2) is 57.5. The van der Waals surface area contributed by atoms with Crippen molar-refractivity contribution in [2.75, 3.05) is 78.9 Å². The van der Waals surface area contributed by atoms with Gasteiger partial charge in [0.25, 0.3) is 0 Å². The third-order valence-electron chi connectivity index (χ3n) is 12.5. The first-order valence-electron chi connectivity index (χ1n) is 32.5. The number of rotatable bonds is 36. The minimum Gasteiger partial charge on any atom is -0.464 e. The molecule has 6 amide bonds. The molecule has 0 unspecified atom stereocenters. The van der Waals surface area contributed by atoms with Crippen LogP contribution in [0.1, 0.15) is 178 Å².